The van der Waals surface area contributed by atoms with E-state index in [1.165, 1.54) is 10.6 Å². The average Bonchev–Trinajstić information content (AvgIpc) is 2.48. The van der Waals surface area contributed by atoms with Gasteiger partial charge in [-0.2, -0.15) is 0 Å². The fraction of sp³-hybridized carbons (Fsp3) is 0.545. The zero-order valence-corrected chi connectivity index (χ0v) is 9.66. The molecule has 1 heterocycles. The molecule has 0 saturated heterocycles. The second-order valence-electron chi connectivity index (χ2n) is 3.76. The average molecular weight is 226 g/mol. The third-order valence-corrected chi connectivity index (χ3v) is 2.37. The summed E-state index contributed by atoms with van der Waals surface area (Å²) in [5, 5.41) is 21.8. The van der Waals surface area contributed by atoms with Crippen molar-refractivity contribution in [2.75, 3.05) is 6.54 Å². The first-order valence-electron chi connectivity index (χ1n) is 5.41. The van der Waals surface area contributed by atoms with Crippen molar-refractivity contribution in [1.29, 1.82) is 0 Å². The number of rotatable bonds is 5. The molecule has 90 valence electrons. The molecule has 16 heavy (non-hydrogen) atoms. The smallest absolute Gasteiger partial charge is 0.221 e. The van der Waals surface area contributed by atoms with Crippen LogP contribution in [0.1, 0.15) is 25.3 Å². The van der Waals surface area contributed by atoms with Crippen molar-refractivity contribution in [3.8, 4) is 11.8 Å². The van der Waals surface area contributed by atoms with Crippen molar-refractivity contribution in [2.45, 2.75) is 33.2 Å². The van der Waals surface area contributed by atoms with Gasteiger partial charge >= 0.3 is 0 Å². The number of aryl methyl sites for hydroxylation is 1. The Hall–Kier alpha value is -1.65. The molecular formula is C11H18N2O3. The highest BCUT2D eigenvalue weighted by Gasteiger charge is 2.11. The fourth-order valence-corrected chi connectivity index (χ4v) is 1.44. The van der Waals surface area contributed by atoms with E-state index in [9.17, 15) is 15.0 Å². The predicted octanol–water partition coefficient (Wildman–Crippen LogP) is 1.12. The van der Waals surface area contributed by atoms with Crippen molar-refractivity contribution in [2.24, 2.45) is 0 Å². The Balaban J connectivity index is 2.51. The van der Waals surface area contributed by atoms with Crippen LogP contribution in [0.25, 0.3) is 0 Å². The van der Waals surface area contributed by atoms with Crippen LogP contribution >= 0.6 is 0 Å². The lowest BCUT2D eigenvalue weighted by Gasteiger charge is -2.07. The lowest BCUT2D eigenvalue weighted by molar-refractivity contribution is -0.121. The number of carbonyl (C=O) groups excluding carboxylic acids is 1. The minimum atomic E-state index is -0.0768. The largest absolute Gasteiger partial charge is 0.494 e. The van der Waals surface area contributed by atoms with Gasteiger partial charge in [-0.05, 0) is 13.3 Å². The number of amides is 1. The summed E-state index contributed by atoms with van der Waals surface area (Å²) in [5.41, 5.74) is 0.603. The highest BCUT2D eigenvalue weighted by Crippen LogP contribution is 2.26. The Morgan fingerprint density at radius 1 is 1.50 bits per heavy atom. The van der Waals surface area contributed by atoms with Crippen molar-refractivity contribution < 1.29 is 15.0 Å². The van der Waals surface area contributed by atoms with Gasteiger partial charge in [0.25, 0.3) is 0 Å². The Labute approximate surface area is 94.7 Å². The summed E-state index contributed by atoms with van der Waals surface area (Å²) >= 11 is 0. The van der Waals surface area contributed by atoms with Gasteiger partial charge in [-0.1, -0.05) is 6.92 Å². The minimum Gasteiger partial charge on any atom is -0.494 e. The van der Waals surface area contributed by atoms with Crippen molar-refractivity contribution in [3.63, 3.8) is 0 Å². The zero-order valence-electron chi connectivity index (χ0n) is 9.66. The van der Waals surface area contributed by atoms with Crippen molar-refractivity contribution >= 4 is 5.91 Å². The van der Waals surface area contributed by atoms with E-state index in [1.807, 2.05) is 6.92 Å². The number of nitrogens with zero attached hydrogens (tertiary/aromatic N) is 1. The molecule has 0 aliphatic heterocycles. The van der Waals surface area contributed by atoms with Gasteiger partial charge in [-0.25, -0.2) is 0 Å². The molecule has 0 saturated carbocycles. The first-order chi connectivity index (χ1) is 7.56. The van der Waals surface area contributed by atoms with Crippen molar-refractivity contribution in [3.05, 3.63) is 11.6 Å². The highest BCUT2D eigenvalue weighted by molar-refractivity contribution is 5.75. The van der Waals surface area contributed by atoms with Gasteiger partial charge in [0.15, 0.2) is 11.8 Å². The summed E-state index contributed by atoms with van der Waals surface area (Å²) in [4.78, 5) is 11.3. The molecule has 1 amide bonds. The standard InChI is InChI=1S/C11H18N2O3/c1-3-5-12-9(14)4-6-13-10(15)7-8(2)11(13)16/h7,15-16H,3-6H2,1-2H3,(H,12,14). The normalized spacial score (nSPS) is 10.4. The third-order valence-electron chi connectivity index (χ3n) is 2.37. The van der Waals surface area contributed by atoms with Crippen LogP contribution in [-0.4, -0.2) is 27.2 Å². The van der Waals surface area contributed by atoms with Crippen LogP contribution in [0.2, 0.25) is 0 Å². The van der Waals surface area contributed by atoms with E-state index in [-0.39, 0.29) is 30.6 Å². The molecule has 0 aliphatic carbocycles. The van der Waals surface area contributed by atoms with E-state index in [1.54, 1.807) is 6.92 Å². The number of aromatic hydroxyl groups is 2. The van der Waals surface area contributed by atoms with Crippen LogP contribution in [0.5, 0.6) is 11.8 Å². The molecular weight excluding hydrogens is 208 g/mol. The maximum Gasteiger partial charge on any atom is 0.221 e. The lowest BCUT2D eigenvalue weighted by atomic mass is 10.3. The molecule has 3 N–H and O–H groups in total. The molecule has 0 atom stereocenters. The minimum absolute atomic E-state index is 0.0146. The third kappa shape index (κ3) is 2.92. The SMILES string of the molecule is CCCNC(=O)CCn1c(O)cc(C)c1O. The van der Waals surface area contributed by atoms with Crippen LogP contribution in [0.3, 0.4) is 0 Å². The number of aromatic nitrogens is 1. The second kappa shape index (κ2) is 5.44. The molecule has 1 rings (SSSR count). The van der Waals surface area contributed by atoms with Crippen LogP contribution in [0, 0.1) is 6.92 Å². The quantitative estimate of drug-likeness (QED) is 0.704. The van der Waals surface area contributed by atoms with Crippen LogP contribution in [-0.2, 0) is 11.3 Å². The Morgan fingerprint density at radius 3 is 2.69 bits per heavy atom. The first-order valence-corrected chi connectivity index (χ1v) is 5.41. The van der Waals surface area contributed by atoms with Crippen LogP contribution in [0.4, 0.5) is 0 Å². The summed E-state index contributed by atoms with van der Waals surface area (Å²) < 4.78 is 1.32. The van der Waals surface area contributed by atoms with Gasteiger partial charge < -0.3 is 15.5 Å². The molecule has 0 aliphatic rings. The molecule has 0 bridgehead atoms. The monoisotopic (exact) mass is 226 g/mol. The lowest BCUT2D eigenvalue weighted by Crippen LogP contribution is -2.24. The molecule has 5 nitrogen and oxygen atoms in total. The molecule has 1 aromatic rings. The molecule has 5 heteroatoms. The van der Waals surface area contributed by atoms with Gasteiger partial charge in [0.2, 0.25) is 5.91 Å². The van der Waals surface area contributed by atoms with Gasteiger partial charge in [0, 0.05) is 31.1 Å². The molecule has 0 aromatic carbocycles. The van der Waals surface area contributed by atoms with Gasteiger partial charge in [0.05, 0.1) is 0 Å². The molecule has 0 spiro atoms. The number of hydrogen-bond donors (Lipinski definition) is 3. The highest BCUT2D eigenvalue weighted by atomic mass is 16.3. The summed E-state index contributed by atoms with van der Waals surface area (Å²) in [6.07, 6.45) is 1.14. The Bertz CT molecular complexity index is 372. The van der Waals surface area contributed by atoms with Crippen molar-refractivity contribution in [1.82, 2.24) is 9.88 Å². The fourth-order valence-electron chi connectivity index (χ4n) is 1.44. The van der Waals surface area contributed by atoms with Crippen LogP contribution < -0.4 is 5.32 Å². The Kier molecular flexibility index (Phi) is 4.22. The summed E-state index contributed by atoms with van der Waals surface area (Å²) in [5.74, 6) is -0.0777. The molecule has 1 aromatic heterocycles. The van der Waals surface area contributed by atoms with Gasteiger partial charge in [-0.15, -0.1) is 0 Å². The summed E-state index contributed by atoms with van der Waals surface area (Å²) in [7, 11) is 0. The predicted molar refractivity (Wildman–Crippen MR) is 60.4 cm³/mol. The molecule has 0 fully saturated rings. The van der Waals surface area contributed by atoms with E-state index in [0.717, 1.165) is 6.42 Å². The van der Waals surface area contributed by atoms with Gasteiger partial charge in [0.1, 0.15) is 0 Å². The van der Waals surface area contributed by atoms with E-state index in [2.05, 4.69) is 5.32 Å². The van der Waals surface area contributed by atoms with E-state index < -0.39 is 0 Å². The first kappa shape index (κ1) is 12.4. The van der Waals surface area contributed by atoms with E-state index >= 15 is 0 Å². The number of carbonyl (C=O) groups is 1. The molecule has 0 radical (unpaired) electrons. The Morgan fingerprint density at radius 2 is 2.19 bits per heavy atom. The zero-order chi connectivity index (χ0) is 12.1. The summed E-state index contributed by atoms with van der Waals surface area (Å²) in [6, 6.07) is 1.47. The molecule has 0 unspecified atom stereocenters. The van der Waals surface area contributed by atoms with E-state index in [0.29, 0.717) is 12.1 Å². The van der Waals surface area contributed by atoms with Crippen LogP contribution in [0.15, 0.2) is 6.07 Å². The van der Waals surface area contributed by atoms with E-state index in [4.69, 9.17) is 0 Å². The number of hydrogen-bond acceptors (Lipinski definition) is 3. The number of nitrogens with one attached hydrogen (secondary N) is 1. The maximum absolute atomic E-state index is 11.3. The van der Waals surface area contributed by atoms with Gasteiger partial charge in [-0.3, -0.25) is 9.36 Å². The summed E-state index contributed by atoms with van der Waals surface area (Å²) in [6.45, 7) is 4.61. The maximum atomic E-state index is 11.3. The topological polar surface area (TPSA) is 74.5 Å². The second-order valence-corrected chi connectivity index (χ2v) is 3.76.